The molecule has 15 heavy (non-hydrogen) atoms. The Bertz CT molecular complexity index is 330. The monoisotopic (exact) mass is 237 g/mol. The third-order valence-electron chi connectivity index (χ3n) is 2.35. The third kappa shape index (κ3) is 2.58. The van der Waals surface area contributed by atoms with Gasteiger partial charge < -0.3 is 5.32 Å². The van der Waals surface area contributed by atoms with Crippen molar-refractivity contribution < 1.29 is 13.2 Å². The van der Waals surface area contributed by atoms with Crippen LogP contribution in [0.3, 0.4) is 0 Å². The molecule has 1 aliphatic rings. The van der Waals surface area contributed by atoms with Crippen LogP contribution in [-0.2, 0) is 6.18 Å². The fourth-order valence-electron chi connectivity index (χ4n) is 1.64. The lowest BCUT2D eigenvalue weighted by Crippen LogP contribution is -2.14. The maximum Gasteiger partial charge on any atom is 0.445 e. The molecule has 1 N–H and O–H groups in total. The molecule has 1 aromatic heterocycles. The van der Waals surface area contributed by atoms with Crippen LogP contribution in [0.25, 0.3) is 0 Å². The van der Waals surface area contributed by atoms with E-state index in [1.165, 1.54) is 0 Å². The number of anilines is 1. The van der Waals surface area contributed by atoms with Gasteiger partial charge in [0.15, 0.2) is 0 Å². The van der Waals surface area contributed by atoms with Crippen LogP contribution < -0.4 is 5.32 Å². The Morgan fingerprint density at radius 3 is 2.40 bits per heavy atom. The maximum absolute atomic E-state index is 12.2. The molecule has 1 saturated carbocycles. The summed E-state index contributed by atoms with van der Waals surface area (Å²) >= 11 is 0.568. The van der Waals surface area contributed by atoms with Crippen molar-refractivity contribution >= 4 is 16.5 Å². The van der Waals surface area contributed by atoms with Crippen LogP contribution in [0, 0.1) is 0 Å². The van der Waals surface area contributed by atoms with Crippen LogP contribution >= 0.6 is 11.3 Å². The summed E-state index contributed by atoms with van der Waals surface area (Å²) in [5.74, 6) is 0. The summed E-state index contributed by atoms with van der Waals surface area (Å²) in [6.45, 7) is 0. The van der Waals surface area contributed by atoms with Crippen molar-refractivity contribution in [1.82, 2.24) is 10.2 Å². The first-order valence-electron chi connectivity index (χ1n) is 4.73. The lowest BCUT2D eigenvalue weighted by Gasteiger charge is -2.08. The standard InChI is InChI=1S/C8H10F3N3S/c9-8(10,11)6-13-14-7(15-6)12-5-3-1-2-4-5/h5H,1-4H2,(H,12,14). The number of hydrogen-bond acceptors (Lipinski definition) is 4. The molecule has 1 fully saturated rings. The highest BCUT2D eigenvalue weighted by atomic mass is 32.1. The lowest BCUT2D eigenvalue weighted by molar-refractivity contribution is -0.138. The van der Waals surface area contributed by atoms with Crippen molar-refractivity contribution in [1.29, 1.82) is 0 Å². The average molecular weight is 237 g/mol. The molecule has 0 saturated heterocycles. The molecule has 0 aliphatic heterocycles. The van der Waals surface area contributed by atoms with Gasteiger partial charge in [-0.2, -0.15) is 13.2 Å². The number of alkyl halides is 3. The van der Waals surface area contributed by atoms with Crippen LogP contribution in [0.5, 0.6) is 0 Å². The van der Waals surface area contributed by atoms with E-state index in [0.717, 1.165) is 25.7 Å². The van der Waals surface area contributed by atoms with Crippen LogP contribution in [0.4, 0.5) is 18.3 Å². The van der Waals surface area contributed by atoms with Crippen molar-refractivity contribution in [3.8, 4) is 0 Å². The second kappa shape index (κ2) is 3.96. The molecule has 7 heteroatoms. The smallest absolute Gasteiger partial charge is 0.357 e. The van der Waals surface area contributed by atoms with Crippen molar-refractivity contribution in [3.05, 3.63) is 5.01 Å². The van der Waals surface area contributed by atoms with Gasteiger partial charge in [0.05, 0.1) is 0 Å². The SMILES string of the molecule is FC(F)(F)c1nnc(NC2CCCC2)s1. The summed E-state index contributed by atoms with van der Waals surface area (Å²) in [5.41, 5.74) is 0. The van der Waals surface area contributed by atoms with E-state index in [4.69, 9.17) is 0 Å². The minimum absolute atomic E-state index is 0.263. The molecule has 3 nitrogen and oxygen atoms in total. The van der Waals surface area contributed by atoms with Crippen molar-refractivity contribution in [2.75, 3.05) is 5.32 Å². The van der Waals surface area contributed by atoms with Crippen molar-refractivity contribution in [3.63, 3.8) is 0 Å². The Morgan fingerprint density at radius 2 is 1.87 bits per heavy atom. The Morgan fingerprint density at radius 1 is 1.20 bits per heavy atom. The van der Waals surface area contributed by atoms with Gasteiger partial charge in [-0.1, -0.05) is 24.2 Å². The highest BCUT2D eigenvalue weighted by Gasteiger charge is 2.35. The lowest BCUT2D eigenvalue weighted by atomic mass is 10.3. The van der Waals surface area contributed by atoms with Gasteiger partial charge in [-0.3, -0.25) is 0 Å². The molecule has 0 aromatic carbocycles. The van der Waals surface area contributed by atoms with Gasteiger partial charge in [-0.05, 0) is 12.8 Å². The summed E-state index contributed by atoms with van der Waals surface area (Å²) in [7, 11) is 0. The van der Waals surface area contributed by atoms with Crippen molar-refractivity contribution in [2.45, 2.75) is 37.9 Å². The zero-order valence-corrected chi connectivity index (χ0v) is 8.66. The zero-order chi connectivity index (χ0) is 10.9. The Labute approximate surface area is 88.7 Å². The quantitative estimate of drug-likeness (QED) is 0.859. The van der Waals surface area contributed by atoms with E-state index in [2.05, 4.69) is 15.5 Å². The van der Waals surface area contributed by atoms with Gasteiger partial charge in [0.2, 0.25) is 10.1 Å². The summed E-state index contributed by atoms with van der Waals surface area (Å²) in [6.07, 6.45) is -0.125. The molecule has 84 valence electrons. The predicted molar refractivity (Wildman–Crippen MR) is 50.8 cm³/mol. The minimum Gasteiger partial charge on any atom is -0.357 e. The number of hydrogen-bond donors (Lipinski definition) is 1. The van der Waals surface area contributed by atoms with Crippen LogP contribution in [0.2, 0.25) is 0 Å². The number of nitrogens with one attached hydrogen (secondary N) is 1. The molecule has 0 bridgehead atoms. The van der Waals surface area contributed by atoms with Gasteiger partial charge in [0.1, 0.15) is 0 Å². The van der Waals surface area contributed by atoms with E-state index in [9.17, 15) is 13.2 Å². The van der Waals surface area contributed by atoms with Crippen LogP contribution in [0.1, 0.15) is 30.7 Å². The Balaban J connectivity index is 2.00. The molecule has 1 aromatic rings. The maximum atomic E-state index is 12.2. The normalized spacial score (nSPS) is 18.3. The molecule has 2 rings (SSSR count). The number of halogens is 3. The molecular weight excluding hydrogens is 227 g/mol. The van der Waals surface area contributed by atoms with Gasteiger partial charge in [-0.15, -0.1) is 10.2 Å². The van der Waals surface area contributed by atoms with Crippen LogP contribution in [-0.4, -0.2) is 16.2 Å². The molecule has 1 heterocycles. The molecular formula is C8H10F3N3S. The summed E-state index contributed by atoms with van der Waals surface area (Å²) in [6, 6.07) is 0.263. The molecule has 0 amide bonds. The topological polar surface area (TPSA) is 37.8 Å². The first kappa shape index (κ1) is 10.7. The van der Waals surface area contributed by atoms with Crippen molar-refractivity contribution in [2.24, 2.45) is 0 Å². The third-order valence-corrected chi connectivity index (χ3v) is 3.25. The fourth-order valence-corrected chi connectivity index (χ4v) is 2.33. The van der Waals surface area contributed by atoms with E-state index >= 15 is 0 Å². The summed E-state index contributed by atoms with van der Waals surface area (Å²) in [5, 5.41) is 8.96. The zero-order valence-electron chi connectivity index (χ0n) is 7.84. The molecule has 1 aliphatic carbocycles. The average Bonchev–Trinajstić information content (AvgIpc) is 2.73. The van der Waals surface area contributed by atoms with E-state index < -0.39 is 11.2 Å². The molecule has 0 atom stereocenters. The predicted octanol–water partition coefficient (Wildman–Crippen LogP) is 2.91. The summed E-state index contributed by atoms with van der Waals surface area (Å²) in [4.78, 5) is 0. The highest BCUT2D eigenvalue weighted by molar-refractivity contribution is 7.15. The van der Waals surface area contributed by atoms with Gasteiger partial charge in [0.25, 0.3) is 0 Å². The highest BCUT2D eigenvalue weighted by Crippen LogP contribution is 2.34. The molecule has 0 radical (unpaired) electrons. The first-order valence-corrected chi connectivity index (χ1v) is 5.54. The van der Waals surface area contributed by atoms with Crippen LogP contribution in [0.15, 0.2) is 0 Å². The number of aromatic nitrogens is 2. The summed E-state index contributed by atoms with van der Waals surface area (Å²) < 4.78 is 36.6. The molecule has 0 spiro atoms. The Hall–Kier alpha value is -0.850. The Kier molecular flexibility index (Phi) is 2.81. The van der Waals surface area contributed by atoms with E-state index in [-0.39, 0.29) is 11.2 Å². The number of rotatable bonds is 2. The van der Waals surface area contributed by atoms with E-state index in [0.29, 0.717) is 11.3 Å². The minimum atomic E-state index is -4.38. The first-order chi connectivity index (χ1) is 7.05. The van der Waals surface area contributed by atoms with Gasteiger partial charge >= 0.3 is 6.18 Å². The van der Waals surface area contributed by atoms with Gasteiger partial charge in [-0.25, -0.2) is 0 Å². The largest absolute Gasteiger partial charge is 0.445 e. The van der Waals surface area contributed by atoms with Gasteiger partial charge in [0, 0.05) is 6.04 Å². The van der Waals surface area contributed by atoms with E-state index in [1.807, 2.05) is 0 Å². The second-order valence-electron chi connectivity index (χ2n) is 3.54. The van der Waals surface area contributed by atoms with E-state index in [1.54, 1.807) is 0 Å². The number of nitrogens with zero attached hydrogens (tertiary/aromatic N) is 2. The molecule has 0 unspecified atom stereocenters. The fraction of sp³-hybridized carbons (Fsp3) is 0.750. The second-order valence-corrected chi connectivity index (χ2v) is 4.51.